The normalized spacial score (nSPS) is 13.6. The fourth-order valence-corrected chi connectivity index (χ4v) is 0.611. The Morgan fingerprint density at radius 1 is 1.78 bits per heavy atom. The third-order valence-electron chi connectivity index (χ3n) is 0.957. The average Bonchev–Trinajstić information content (AvgIpc) is 2.15. The van der Waals surface area contributed by atoms with Crippen molar-refractivity contribution in [2.75, 3.05) is 0 Å². The Morgan fingerprint density at radius 3 is 3.00 bits per heavy atom. The van der Waals surface area contributed by atoms with Gasteiger partial charge < -0.3 is 15.4 Å². The highest BCUT2D eigenvalue weighted by atomic mass is 16.3. The largest absolute Gasteiger partial charge is 0.377 e. The molecule has 0 bridgehead atoms. The highest BCUT2D eigenvalue weighted by molar-refractivity contribution is 4.74. The molecular weight excluding hydrogens is 118 g/mol. The summed E-state index contributed by atoms with van der Waals surface area (Å²) in [6.07, 6.45) is 4.20. The first-order valence-electron chi connectivity index (χ1n) is 2.68. The molecule has 0 saturated heterocycles. The lowest BCUT2D eigenvalue weighted by Crippen LogP contribution is -2.24. The van der Waals surface area contributed by atoms with Crippen LogP contribution in [0.4, 0.5) is 0 Å². The summed E-state index contributed by atoms with van der Waals surface area (Å²) in [7, 11) is 0. The molecule has 1 aromatic rings. The molecule has 1 heterocycles. The highest BCUT2D eigenvalue weighted by Gasteiger charge is 1.94. The molecule has 0 aliphatic rings. The van der Waals surface area contributed by atoms with Gasteiger partial charge in [0.25, 0.3) is 0 Å². The molecule has 9 heavy (non-hydrogen) atoms. The minimum atomic E-state index is -0.792. The van der Waals surface area contributed by atoms with Crippen molar-refractivity contribution in [3.63, 3.8) is 0 Å². The zero-order chi connectivity index (χ0) is 6.69. The molecule has 0 fully saturated rings. The van der Waals surface area contributed by atoms with E-state index in [-0.39, 0.29) is 0 Å². The van der Waals surface area contributed by atoms with Crippen molar-refractivity contribution in [2.45, 2.75) is 12.8 Å². The van der Waals surface area contributed by atoms with Crippen molar-refractivity contribution in [3.8, 4) is 0 Å². The minimum absolute atomic E-state index is 0.403. The van der Waals surface area contributed by atoms with E-state index in [1.54, 1.807) is 23.3 Å². The lowest BCUT2D eigenvalue weighted by atomic mass is 10.6. The van der Waals surface area contributed by atoms with E-state index in [2.05, 4.69) is 4.98 Å². The maximum atomic E-state index is 8.65. The molecule has 1 atom stereocenters. The number of hydrogen-bond acceptors (Lipinski definition) is 3. The smallest absolute Gasteiger partial charge is 0.120 e. The fraction of sp³-hybridized carbons (Fsp3) is 0.400. The second-order valence-electron chi connectivity index (χ2n) is 1.83. The first-order valence-corrected chi connectivity index (χ1v) is 2.68. The van der Waals surface area contributed by atoms with Crippen LogP contribution < -0.4 is 5.73 Å². The summed E-state index contributed by atoms with van der Waals surface area (Å²) in [6, 6.07) is 0. The predicted octanol–water partition coefficient (Wildman–Crippen LogP) is -0.840. The van der Waals surface area contributed by atoms with Crippen LogP contribution >= 0.6 is 0 Å². The summed E-state index contributed by atoms with van der Waals surface area (Å²) in [6.45, 7) is 0.403. The van der Waals surface area contributed by atoms with Crippen molar-refractivity contribution >= 4 is 0 Å². The van der Waals surface area contributed by atoms with Crippen molar-refractivity contribution in [3.05, 3.63) is 18.7 Å². The van der Waals surface area contributed by atoms with Crippen LogP contribution in [0.1, 0.15) is 0 Å². The van der Waals surface area contributed by atoms with Gasteiger partial charge in [0.2, 0.25) is 0 Å². The Bertz CT molecular complexity index is 159. The van der Waals surface area contributed by atoms with E-state index in [0.29, 0.717) is 6.54 Å². The Labute approximate surface area is 52.9 Å². The van der Waals surface area contributed by atoms with Crippen LogP contribution in [0.2, 0.25) is 0 Å². The van der Waals surface area contributed by atoms with Gasteiger partial charge in [0, 0.05) is 12.4 Å². The Hall–Kier alpha value is -0.870. The van der Waals surface area contributed by atoms with Gasteiger partial charge in [-0.25, -0.2) is 4.98 Å². The molecule has 1 aromatic heterocycles. The monoisotopic (exact) mass is 127 g/mol. The van der Waals surface area contributed by atoms with E-state index in [1.807, 2.05) is 0 Å². The number of nitrogens with two attached hydrogens (primary N) is 1. The minimum Gasteiger partial charge on any atom is -0.377 e. The fourth-order valence-electron chi connectivity index (χ4n) is 0.611. The molecule has 50 valence electrons. The van der Waals surface area contributed by atoms with Crippen LogP contribution in [0.3, 0.4) is 0 Å². The number of imidazole rings is 1. The van der Waals surface area contributed by atoms with Gasteiger partial charge in [-0.15, -0.1) is 0 Å². The molecule has 1 rings (SSSR count). The third-order valence-corrected chi connectivity index (χ3v) is 0.957. The van der Waals surface area contributed by atoms with Gasteiger partial charge in [0.05, 0.1) is 12.9 Å². The van der Waals surface area contributed by atoms with Crippen LogP contribution in [0, 0.1) is 0 Å². The number of aromatic nitrogens is 2. The predicted molar refractivity (Wildman–Crippen MR) is 32.4 cm³/mol. The van der Waals surface area contributed by atoms with Crippen molar-refractivity contribution in [1.29, 1.82) is 0 Å². The molecule has 0 aliphatic heterocycles. The van der Waals surface area contributed by atoms with Crippen LogP contribution in [0.15, 0.2) is 18.7 Å². The maximum Gasteiger partial charge on any atom is 0.120 e. The van der Waals surface area contributed by atoms with Gasteiger partial charge in [-0.1, -0.05) is 0 Å². The molecule has 0 radical (unpaired) electrons. The van der Waals surface area contributed by atoms with E-state index in [9.17, 15) is 0 Å². The summed E-state index contributed by atoms with van der Waals surface area (Å²) in [5, 5.41) is 8.65. The second-order valence-corrected chi connectivity index (χ2v) is 1.83. The first-order chi connectivity index (χ1) is 4.29. The SMILES string of the molecule is NC(O)Cn1ccnc1. The van der Waals surface area contributed by atoms with Gasteiger partial charge >= 0.3 is 0 Å². The zero-order valence-electron chi connectivity index (χ0n) is 4.94. The van der Waals surface area contributed by atoms with Crippen molar-refractivity contribution in [2.24, 2.45) is 5.73 Å². The summed E-state index contributed by atoms with van der Waals surface area (Å²) in [5.41, 5.74) is 5.09. The third kappa shape index (κ3) is 1.83. The molecule has 0 amide bonds. The molecule has 3 N–H and O–H groups in total. The molecule has 1 unspecified atom stereocenters. The number of rotatable bonds is 2. The molecule has 0 spiro atoms. The summed E-state index contributed by atoms with van der Waals surface area (Å²) >= 11 is 0. The Kier molecular flexibility index (Phi) is 1.81. The summed E-state index contributed by atoms with van der Waals surface area (Å²) in [4.78, 5) is 3.77. The standard InChI is InChI=1S/C5H9N3O/c6-5(9)3-8-2-1-7-4-8/h1-2,4-5,9H,3,6H2. The van der Waals surface area contributed by atoms with Crippen LogP contribution in [0.25, 0.3) is 0 Å². The van der Waals surface area contributed by atoms with Crippen molar-refractivity contribution in [1.82, 2.24) is 9.55 Å². The van der Waals surface area contributed by atoms with E-state index >= 15 is 0 Å². The number of aliphatic hydroxyl groups excluding tert-OH is 1. The van der Waals surface area contributed by atoms with Crippen LogP contribution in [-0.2, 0) is 6.54 Å². The Morgan fingerprint density at radius 2 is 2.56 bits per heavy atom. The molecule has 0 aliphatic carbocycles. The van der Waals surface area contributed by atoms with E-state index in [1.165, 1.54) is 0 Å². The summed E-state index contributed by atoms with van der Waals surface area (Å²) < 4.78 is 1.71. The number of hydrogen-bond donors (Lipinski definition) is 2. The molecule has 4 nitrogen and oxygen atoms in total. The quantitative estimate of drug-likeness (QED) is 0.509. The molecule has 0 saturated carbocycles. The number of nitrogens with zero attached hydrogens (tertiary/aromatic N) is 2. The van der Waals surface area contributed by atoms with Crippen molar-refractivity contribution < 1.29 is 5.11 Å². The van der Waals surface area contributed by atoms with Crippen LogP contribution in [0.5, 0.6) is 0 Å². The van der Waals surface area contributed by atoms with Crippen LogP contribution in [-0.4, -0.2) is 20.9 Å². The van der Waals surface area contributed by atoms with Gasteiger partial charge in [-0.05, 0) is 0 Å². The molecular formula is C5H9N3O. The maximum absolute atomic E-state index is 8.65. The van der Waals surface area contributed by atoms with E-state index in [4.69, 9.17) is 10.8 Å². The second kappa shape index (κ2) is 2.61. The van der Waals surface area contributed by atoms with Gasteiger partial charge in [0.1, 0.15) is 6.23 Å². The van der Waals surface area contributed by atoms with Gasteiger partial charge in [-0.3, -0.25) is 0 Å². The summed E-state index contributed by atoms with van der Waals surface area (Å²) in [5.74, 6) is 0. The van der Waals surface area contributed by atoms with E-state index < -0.39 is 6.23 Å². The lowest BCUT2D eigenvalue weighted by molar-refractivity contribution is 0.161. The lowest BCUT2D eigenvalue weighted by Gasteiger charge is -2.02. The molecule has 0 aromatic carbocycles. The van der Waals surface area contributed by atoms with Gasteiger partial charge in [-0.2, -0.15) is 0 Å². The first kappa shape index (κ1) is 6.25. The Balaban J connectivity index is 2.48. The van der Waals surface area contributed by atoms with E-state index in [0.717, 1.165) is 0 Å². The molecule has 4 heteroatoms. The highest BCUT2D eigenvalue weighted by Crippen LogP contribution is 1.85. The average molecular weight is 127 g/mol. The zero-order valence-corrected chi connectivity index (χ0v) is 4.94. The topological polar surface area (TPSA) is 64.1 Å². The number of aliphatic hydroxyl groups is 1. The van der Waals surface area contributed by atoms with Gasteiger partial charge in [0.15, 0.2) is 0 Å².